The number of rotatable bonds is 5. The van der Waals surface area contributed by atoms with Crippen molar-refractivity contribution in [1.29, 1.82) is 0 Å². The van der Waals surface area contributed by atoms with Gasteiger partial charge in [-0.15, -0.1) is 0 Å². The average Bonchev–Trinajstić information content (AvgIpc) is 3.04. The molecule has 1 amide bonds. The van der Waals surface area contributed by atoms with Crippen molar-refractivity contribution >= 4 is 17.4 Å². The van der Waals surface area contributed by atoms with Crippen LogP contribution in [0.3, 0.4) is 0 Å². The van der Waals surface area contributed by atoms with Crippen LogP contribution in [0.1, 0.15) is 28.3 Å². The minimum Gasteiger partial charge on any atom is -0.507 e. The fraction of sp³-hybridized carbons (Fsp3) is 0.360. The van der Waals surface area contributed by atoms with Gasteiger partial charge in [-0.05, 0) is 31.5 Å². The van der Waals surface area contributed by atoms with E-state index in [1.165, 1.54) is 11.0 Å². The normalized spacial score (nSPS) is 21.3. The molecule has 2 saturated heterocycles. The molecule has 0 radical (unpaired) electrons. The molecule has 4 rings (SSSR count). The molecule has 1 atom stereocenters. The molecule has 6 nitrogen and oxygen atoms in total. The summed E-state index contributed by atoms with van der Waals surface area (Å²) >= 11 is 0. The molecule has 2 aromatic carbocycles. The van der Waals surface area contributed by atoms with Crippen molar-refractivity contribution in [3.8, 4) is 0 Å². The van der Waals surface area contributed by atoms with Gasteiger partial charge in [0.2, 0.25) is 0 Å². The molecule has 32 heavy (non-hydrogen) atoms. The van der Waals surface area contributed by atoms with Gasteiger partial charge in [-0.2, -0.15) is 0 Å². The first-order chi connectivity index (χ1) is 15.4. The highest BCUT2D eigenvalue weighted by Crippen LogP contribution is 2.40. The number of aliphatic hydroxyl groups is 1. The summed E-state index contributed by atoms with van der Waals surface area (Å²) in [4.78, 5) is 29.7. The first-order valence-corrected chi connectivity index (χ1v) is 10.8. The molecule has 2 fully saturated rings. The monoisotopic (exact) mass is 438 g/mol. The molecular formula is C25H27FN2O4. The van der Waals surface area contributed by atoms with Gasteiger partial charge in [0.15, 0.2) is 0 Å². The number of ketones is 1. The molecule has 168 valence electrons. The zero-order valence-corrected chi connectivity index (χ0v) is 18.3. The van der Waals surface area contributed by atoms with Crippen molar-refractivity contribution in [3.63, 3.8) is 0 Å². The fourth-order valence-electron chi connectivity index (χ4n) is 4.34. The van der Waals surface area contributed by atoms with Crippen LogP contribution in [0.5, 0.6) is 0 Å². The van der Waals surface area contributed by atoms with Gasteiger partial charge in [-0.25, -0.2) is 4.39 Å². The standard InChI is InChI=1S/C25H27FN2O4/c1-16-7-8-17(2)19(15-16)23(29)21-22(18-5-3-4-6-20(18)26)28(25(31)24(21)30)10-9-27-11-13-32-14-12-27/h3-8,15,22,29H,9-14H2,1-2H3. The van der Waals surface area contributed by atoms with E-state index < -0.39 is 23.5 Å². The lowest BCUT2D eigenvalue weighted by Gasteiger charge is -2.31. The van der Waals surface area contributed by atoms with Crippen molar-refractivity contribution in [2.75, 3.05) is 39.4 Å². The van der Waals surface area contributed by atoms with E-state index in [1.807, 2.05) is 26.0 Å². The number of morpholine rings is 1. The van der Waals surface area contributed by atoms with Crippen LogP contribution in [0.15, 0.2) is 48.0 Å². The zero-order valence-electron chi connectivity index (χ0n) is 18.3. The van der Waals surface area contributed by atoms with Crippen molar-refractivity contribution in [1.82, 2.24) is 9.80 Å². The molecule has 2 aliphatic rings. The molecule has 0 saturated carbocycles. The van der Waals surface area contributed by atoms with Crippen LogP contribution in [0.4, 0.5) is 4.39 Å². The number of halogens is 1. The van der Waals surface area contributed by atoms with Crippen LogP contribution in [0.25, 0.3) is 5.76 Å². The highest BCUT2D eigenvalue weighted by Gasteiger charge is 2.47. The number of amides is 1. The Morgan fingerprint density at radius 3 is 2.53 bits per heavy atom. The van der Waals surface area contributed by atoms with Crippen LogP contribution in [-0.2, 0) is 14.3 Å². The fourth-order valence-corrected chi connectivity index (χ4v) is 4.34. The maximum Gasteiger partial charge on any atom is 0.295 e. The molecule has 0 aromatic heterocycles. The summed E-state index contributed by atoms with van der Waals surface area (Å²) < 4.78 is 20.2. The number of carbonyl (C=O) groups excluding carboxylic acids is 2. The van der Waals surface area contributed by atoms with E-state index in [2.05, 4.69) is 4.90 Å². The average molecular weight is 438 g/mol. The molecule has 2 aliphatic heterocycles. The lowest BCUT2D eigenvalue weighted by atomic mass is 9.93. The van der Waals surface area contributed by atoms with Gasteiger partial charge >= 0.3 is 0 Å². The lowest BCUT2D eigenvalue weighted by molar-refractivity contribution is -0.140. The number of hydrogen-bond acceptors (Lipinski definition) is 5. The second kappa shape index (κ2) is 9.22. The summed E-state index contributed by atoms with van der Waals surface area (Å²) in [7, 11) is 0. The Kier molecular flexibility index (Phi) is 6.39. The number of aliphatic hydroxyl groups excluding tert-OH is 1. The summed E-state index contributed by atoms with van der Waals surface area (Å²) in [6.45, 7) is 7.17. The van der Waals surface area contributed by atoms with E-state index in [4.69, 9.17) is 4.74 Å². The lowest BCUT2D eigenvalue weighted by Crippen LogP contribution is -2.42. The minimum atomic E-state index is -0.989. The van der Waals surface area contributed by atoms with E-state index in [0.717, 1.165) is 24.2 Å². The predicted molar refractivity (Wildman–Crippen MR) is 119 cm³/mol. The van der Waals surface area contributed by atoms with E-state index in [9.17, 15) is 19.1 Å². The minimum absolute atomic E-state index is 0.0734. The summed E-state index contributed by atoms with van der Waals surface area (Å²) in [6, 6.07) is 10.6. The van der Waals surface area contributed by atoms with Crippen LogP contribution in [-0.4, -0.2) is 66.0 Å². The van der Waals surface area contributed by atoms with Crippen molar-refractivity contribution in [3.05, 3.63) is 76.1 Å². The summed E-state index contributed by atoms with van der Waals surface area (Å²) in [5, 5.41) is 11.2. The summed E-state index contributed by atoms with van der Waals surface area (Å²) in [5.41, 5.74) is 2.26. The topological polar surface area (TPSA) is 70.1 Å². The number of likely N-dealkylation sites (tertiary alicyclic amines) is 1. The van der Waals surface area contributed by atoms with Gasteiger partial charge in [0.05, 0.1) is 24.8 Å². The summed E-state index contributed by atoms with van der Waals surface area (Å²) in [5.74, 6) is -2.31. The van der Waals surface area contributed by atoms with Crippen LogP contribution in [0.2, 0.25) is 0 Å². The Bertz CT molecular complexity index is 1080. The Labute approximate surface area is 186 Å². The van der Waals surface area contributed by atoms with Crippen LogP contribution >= 0.6 is 0 Å². The molecule has 0 bridgehead atoms. The van der Waals surface area contributed by atoms with Crippen molar-refractivity contribution < 1.29 is 23.8 Å². The number of Topliss-reactive ketones (excluding diaryl/α,β-unsaturated/α-hetero) is 1. The van der Waals surface area contributed by atoms with Gasteiger partial charge in [0.25, 0.3) is 11.7 Å². The number of benzene rings is 2. The maximum atomic E-state index is 14.9. The Hall–Kier alpha value is -3.03. The highest BCUT2D eigenvalue weighted by molar-refractivity contribution is 6.46. The SMILES string of the molecule is Cc1ccc(C)c(C(O)=C2C(=O)C(=O)N(CCN3CCOCC3)C2c2ccccc2F)c1. The van der Waals surface area contributed by atoms with Gasteiger partial charge in [0, 0.05) is 37.3 Å². The summed E-state index contributed by atoms with van der Waals surface area (Å²) in [6.07, 6.45) is 0. The number of nitrogens with zero attached hydrogens (tertiary/aromatic N) is 2. The molecule has 1 N–H and O–H groups in total. The largest absolute Gasteiger partial charge is 0.507 e. The number of ether oxygens (including phenoxy) is 1. The third-order valence-electron chi connectivity index (χ3n) is 6.15. The van der Waals surface area contributed by atoms with Gasteiger partial charge in [-0.1, -0.05) is 35.9 Å². The van der Waals surface area contributed by atoms with Gasteiger partial charge in [0.1, 0.15) is 11.6 Å². The number of aryl methyl sites for hydroxylation is 2. The van der Waals surface area contributed by atoms with Crippen LogP contribution in [0, 0.1) is 19.7 Å². The Balaban J connectivity index is 1.79. The van der Waals surface area contributed by atoms with Crippen molar-refractivity contribution in [2.45, 2.75) is 19.9 Å². The molecule has 0 spiro atoms. The molecule has 0 aliphatic carbocycles. The molecule has 1 unspecified atom stereocenters. The van der Waals surface area contributed by atoms with Gasteiger partial charge in [-0.3, -0.25) is 14.5 Å². The Morgan fingerprint density at radius 2 is 1.81 bits per heavy atom. The van der Waals surface area contributed by atoms with E-state index in [1.54, 1.807) is 24.3 Å². The van der Waals surface area contributed by atoms with E-state index >= 15 is 0 Å². The second-order valence-electron chi connectivity index (χ2n) is 8.29. The third-order valence-corrected chi connectivity index (χ3v) is 6.15. The van der Waals surface area contributed by atoms with E-state index in [-0.39, 0.29) is 23.4 Å². The van der Waals surface area contributed by atoms with Crippen molar-refractivity contribution in [2.24, 2.45) is 0 Å². The van der Waals surface area contributed by atoms with Gasteiger partial charge < -0.3 is 14.7 Å². The maximum absolute atomic E-state index is 14.9. The number of hydrogen-bond donors (Lipinski definition) is 1. The zero-order chi connectivity index (χ0) is 22.8. The first kappa shape index (κ1) is 22.2. The second-order valence-corrected chi connectivity index (χ2v) is 8.29. The predicted octanol–water partition coefficient (Wildman–Crippen LogP) is 3.20. The molecule has 7 heteroatoms. The smallest absolute Gasteiger partial charge is 0.295 e. The quantitative estimate of drug-likeness (QED) is 0.441. The molecule has 2 heterocycles. The molecular weight excluding hydrogens is 411 g/mol. The van der Waals surface area contributed by atoms with Crippen LogP contribution < -0.4 is 0 Å². The molecule has 2 aromatic rings. The Morgan fingerprint density at radius 1 is 1.09 bits per heavy atom. The first-order valence-electron chi connectivity index (χ1n) is 10.8. The number of carbonyl (C=O) groups is 2. The highest BCUT2D eigenvalue weighted by atomic mass is 19.1. The third kappa shape index (κ3) is 4.18. The van der Waals surface area contributed by atoms with E-state index in [0.29, 0.717) is 25.3 Å².